The average Bonchev–Trinajstić information content (AvgIpc) is 3.44. The third kappa shape index (κ3) is 2.81. The van der Waals surface area contributed by atoms with Gasteiger partial charge >= 0.3 is 0 Å². The van der Waals surface area contributed by atoms with Crippen LogP contribution in [-0.4, -0.2) is 19.9 Å². The highest BCUT2D eigenvalue weighted by atomic mass is 79.9. The maximum absolute atomic E-state index is 13.9. The van der Waals surface area contributed by atoms with E-state index in [1.165, 1.54) is 0 Å². The molecule has 4 nitrogen and oxygen atoms in total. The summed E-state index contributed by atoms with van der Waals surface area (Å²) >= 11 is 3.54. The van der Waals surface area contributed by atoms with Gasteiger partial charge in [-0.3, -0.25) is 4.79 Å². The summed E-state index contributed by atoms with van der Waals surface area (Å²) in [6.45, 7) is 0. The molecule has 31 heavy (non-hydrogen) atoms. The zero-order chi connectivity index (χ0) is 20.9. The van der Waals surface area contributed by atoms with Crippen molar-refractivity contribution < 1.29 is 4.79 Å². The Morgan fingerprint density at radius 1 is 0.839 bits per heavy atom. The Morgan fingerprint density at radius 2 is 1.58 bits per heavy atom. The lowest BCUT2D eigenvalue weighted by Gasteiger charge is -2.35. The largest absolute Gasteiger partial charge is 0.332 e. The molecular formula is C26H18BrN3O. The van der Waals surface area contributed by atoms with E-state index >= 15 is 0 Å². The molecule has 5 aromatic rings. The summed E-state index contributed by atoms with van der Waals surface area (Å²) < 4.78 is 5.33. The first-order chi connectivity index (χ1) is 15.2. The van der Waals surface area contributed by atoms with E-state index in [-0.39, 0.29) is 11.8 Å². The van der Waals surface area contributed by atoms with Crippen molar-refractivity contribution in [1.82, 2.24) is 14.1 Å². The van der Waals surface area contributed by atoms with Crippen molar-refractivity contribution in [3.8, 4) is 11.5 Å². The molecule has 3 heterocycles. The van der Waals surface area contributed by atoms with Crippen LogP contribution < -0.4 is 0 Å². The number of nitrogens with zero attached hydrogens (tertiary/aromatic N) is 3. The Kier molecular flexibility index (Phi) is 4.18. The Bertz CT molecular complexity index is 1420. The molecule has 1 aliphatic rings. The van der Waals surface area contributed by atoms with Crippen LogP contribution in [0.4, 0.5) is 0 Å². The number of Topliss-reactive ketones (excluding diaryl/α,β-unsaturated/α-hetero) is 1. The van der Waals surface area contributed by atoms with Crippen LogP contribution in [0.2, 0.25) is 0 Å². The lowest BCUT2D eigenvalue weighted by atomic mass is 9.90. The van der Waals surface area contributed by atoms with Crippen molar-refractivity contribution in [2.75, 3.05) is 0 Å². The van der Waals surface area contributed by atoms with Crippen LogP contribution in [0.5, 0.6) is 0 Å². The molecule has 0 spiro atoms. The molecule has 0 amide bonds. The summed E-state index contributed by atoms with van der Waals surface area (Å²) in [6.07, 6.45) is 2.00. The molecule has 3 aromatic carbocycles. The first kappa shape index (κ1) is 18.3. The maximum Gasteiger partial charge on any atom is 0.188 e. The number of carbonyl (C=O) groups excluding carboxylic acids is 1. The SMILES string of the molecule is O=C(c1ccccc1)[C@H]1[C@H](c2ccc(Br)cc2)n2c(nc3ccccc32)-c2cccn21. The number of imidazole rings is 1. The van der Waals surface area contributed by atoms with Crippen LogP contribution in [0.15, 0.2) is 102 Å². The van der Waals surface area contributed by atoms with Crippen molar-refractivity contribution in [2.24, 2.45) is 0 Å². The molecule has 0 bridgehead atoms. The third-order valence-corrected chi connectivity index (χ3v) is 6.55. The van der Waals surface area contributed by atoms with Crippen LogP contribution in [0.25, 0.3) is 22.6 Å². The fourth-order valence-corrected chi connectivity index (χ4v) is 4.92. The van der Waals surface area contributed by atoms with E-state index in [2.05, 4.69) is 43.3 Å². The van der Waals surface area contributed by atoms with Crippen molar-refractivity contribution in [2.45, 2.75) is 12.1 Å². The molecule has 0 saturated heterocycles. The van der Waals surface area contributed by atoms with Crippen LogP contribution in [0, 0.1) is 0 Å². The molecule has 1 aliphatic heterocycles. The molecule has 0 unspecified atom stereocenters. The highest BCUT2D eigenvalue weighted by Crippen LogP contribution is 2.45. The van der Waals surface area contributed by atoms with Crippen molar-refractivity contribution >= 4 is 32.7 Å². The third-order valence-electron chi connectivity index (χ3n) is 6.02. The van der Waals surface area contributed by atoms with E-state index in [0.717, 1.165) is 32.6 Å². The van der Waals surface area contributed by atoms with Gasteiger partial charge in [0.05, 0.1) is 22.8 Å². The molecule has 2 atom stereocenters. The second-order valence-corrected chi connectivity index (χ2v) is 8.68. The second kappa shape index (κ2) is 7.06. The zero-order valence-corrected chi connectivity index (χ0v) is 18.1. The van der Waals surface area contributed by atoms with Gasteiger partial charge in [-0.15, -0.1) is 0 Å². The molecule has 6 rings (SSSR count). The lowest BCUT2D eigenvalue weighted by molar-refractivity contribution is 0.0895. The number of benzene rings is 3. The van der Waals surface area contributed by atoms with Crippen molar-refractivity contribution in [1.29, 1.82) is 0 Å². The highest BCUT2D eigenvalue weighted by molar-refractivity contribution is 9.10. The topological polar surface area (TPSA) is 39.8 Å². The summed E-state index contributed by atoms with van der Waals surface area (Å²) in [5.41, 5.74) is 4.70. The number of fused-ring (bicyclic) bond motifs is 5. The first-order valence-corrected chi connectivity index (χ1v) is 11.0. The van der Waals surface area contributed by atoms with E-state index in [1.807, 2.05) is 79.0 Å². The van der Waals surface area contributed by atoms with Gasteiger partial charge < -0.3 is 9.13 Å². The predicted octanol–water partition coefficient (Wildman–Crippen LogP) is 6.29. The Labute approximate surface area is 187 Å². The monoisotopic (exact) mass is 467 g/mol. The summed E-state index contributed by atoms with van der Waals surface area (Å²) in [5.74, 6) is 0.977. The zero-order valence-electron chi connectivity index (χ0n) is 16.5. The molecule has 0 fully saturated rings. The Morgan fingerprint density at radius 3 is 2.39 bits per heavy atom. The number of para-hydroxylation sites is 2. The molecular weight excluding hydrogens is 450 g/mol. The van der Waals surface area contributed by atoms with E-state index in [9.17, 15) is 4.79 Å². The van der Waals surface area contributed by atoms with Gasteiger partial charge in [0, 0.05) is 16.2 Å². The first-order valence-electron chi connectivity index (χ1n) is 10.2. The van der Waals surface area contributed by atoms with Gasteiger partial charge in [0.1, 0.15) is 6.04 Å². The number of hydrogen-bond acceptors (Lipinski definition) is 2. The van der Waals surface area contributed by atoms with Gasteiger partial charge in [-0.25, -0.2) is 4.98 Å². The normalized spacial score (nSPS) is 17.3. The molecule has 0 saturated carbocycles. The van der Waals surface area contributed by atoms with E-state index < -0.39 is 6.04 Å². The van der Waals surface area contributed by atoms with E-state index in [4.69, 9.17) is 4.98 Å². The Balaban J connectivity index is 1.66. The van der Waals surface area contributed by atoms with Crippen LogP contribution in [0.1, 0.15) is 28.0 Å². The van der Waals surface area contributed by atoms with Gasteiger partial charge in [0.2, 0.25) is 0 Å². The van der Waals surface area contributed by atoms with E-state index in [1.54, 1.807) is 0 Å². The minimum atomic E-state index is -0.418. The standard InChI is InChI=1S/C26H18BrN3O/c27-19-14-12-17(13-15-19)23-24(25(31)18-7-2-1-3-8-18)29-16-6-11-22(29)26-28-20-9-4-5-10-21(20)30(23)26/h1-16,23-24H/t23-,24+/m0/s1. The van der Waals surface area contributed by atoms with E-state index in [0.29, 0.717) is 5.56 Å². The van der Waals surface area contributed by atoms with Gasteiger partial charge in [-0.1, -0.05) is 70.5 Å². The van der Waals surface area contributed by atoms with Crippen LogP contribution in [-0.2, 0) is 0 Å². The van der Waals surface area contributed by atoms with Gasteiger partial charge in [-0.05, 0) is 42.0 Å². The number of carbonyl (C=O) groups is 1. The predicted molar refractivity (Wildman–Crippen MR) is 125 cm³/mol. The minimum Gasteiger partial charge on any atom is -0.332 e. The molecule has 0 N–H and O–H groups in total. The number of ketones is 1. The molecule has 0 radical (unpaired) electrons. The summed E-state index contributed by atoms with van der Waals surface area (Å²) in [7, 11) is 0. The molecule has 5 heteroatoms. The smallest absolute Gasteiger partial charge is 0.188 e. The van der Waals surface area contributed by atoms with Gasteiger partial charge in [-0.2, -0.15) is 0 Å². The summed E-state index contributed by atoms with van der Waals surface area (Å²) in [4.78, 5) is 18.9. The number of hydrogen-bond donors (Lipinski definition) is 0. The second-order valence-electron chi connectivity index (χ2n) is 7.77. The highest BCUT2D eigenvalue weighted by Gasteiger charge is 2.40. The molecule has 0 aliphatic carbocycles. The number of halogens is 1. The van der Waals surface area contributed by atoms with Gasteiger partial charge in [0.25, 0.3) is 0 Å². The van der Waals surface area contributed by atoms with Crippen LogP contribution in [0.3, 0.4) is 0 Å². The van der Waals surface area contributed by atoms with Crippen LogP contribution >= 0.6 is 15.9 Å². The lowest BCUT2D eigenvalue weighted by Crippen LogP contribution is -2.34. The fourth-order valence-electron chi connectivity index (χ4n) is 4.66. The maximum atomic E-state index is 13.9. The van der Waals surface area contributed by atoms with Crippen molar-refractivity contribution in [3.63, 3.8) is 0 Å². The quantitative estimate of drug-likeness (QED) is 0.292. The average molecular weight is 468 g/mol. The van der Waals surface area contributed by atoms with Crippen molar-refractivity contribution in [3.05, 3.63) is 113 Å². The Hall–Kier alpha value is -3.44. The number of aromatic nitrogens is 3. The minimum absolute atomic E-state index is 0.0920. The summed E-state index contributed by atoms with van der Waals surface area (Å²) in [5, 5.41) is 0. The number of rotatable bonds is 3. The summed E-state index contributed by atoms with van der Waals surface area (Å²) in [6, 6.07) is 29.3. The molecule has 150 valence electrons. The van der Waals surface area contributed by atoms with Gasteiger partial charge in [0.15, 0.2) is 11.6 Å². The molecule has 2 aromatic heterocycles. The fraction of sp³-hybridized carbons (Fsp3) is 0.0769.